The molecule has 0 saturated carbocycles. The van der Waals surface area contributed by atoms with Crippen LogP contribution in [0.4, 0.5) is 0 Å². The second-order valence-corrected chi connectivity index (χ2v) is 5.09. The summed E-state index contributed by atoms with van der Waals surface area (Å²) in [5, 5.41) is 7.82. The van der Waals surface area contributed by atoms with Crippen LogP contribution in [0, 0.1) is 0 Å². The molecule has 2 aromatic rings. The fourth-order valence-electron chi connectivity index (χ4n) is 1.69. The van der Waals surface area contributed by atoms with Gasteiger partial charge in [-0.15, -0.1) is 10.2 Å². The first-order chi connectivity index (χ1) is 10.2. The molecule has 0 heterocycles. The third-order valence-corrected chi connectivity index (χ3v) is 3.39. The number of nitrogens with zero attached hydrogens (tertiary/aromatic N) is 2. The zero-order valence-corrected chi connectivity index (χ0v) is 12.9. The van der Waals surface area contributed by atoms with Gasteiger partial charge >= 0.3 is 0 Å². The van der Waals surface area contributed by atoms with Crippen LogP contribution in [0.15, 0.2) is 75.3 Å². The van der Waals surface area contributed by atoms with Gasteiger partial charge in [-0.3, -0.25) is 0 Å². The predicted molar refractivity (Wildman–Crippen MR) is 92.0 cm³/mol. The van der Waals surface area contributed by atoms with Crippen LogP contribution in [0.1, 0.15) is 11.1 Å². The molecule has 0 radical (unpaired) electrons. The molecular formula is C16H15BrN4. The van der Waals surface area contributed by atoms with E-state index in [1.54, 1.807) is 0 Å². The largest absolute Gasteiger partial charge is 0.369 e. The average Bonchev–Trinajstić information content (AvgIpc) is 2.49. The highest BCUT2D eigenvalue weighted by molar-refractivity contribution is 9.10. The van der Waals surface area contributed by atoms with Crippen LogP contribution >= 0.6 is 15.9 Å². The summed E-state index contributed by atoms with van der Waals surface area (Å²) in [5.41, 5.74) is 13.3. The second-order valence-electron chi connectivity index (χ2n) is 4.23. The fraction of sp³-hybridized carbons (Fsp3) is 0. The molecule has 0 amide bonds. The molecule has 2 aromatic carbocycles. The number of halogens is 1. The minimum absolute atomic E-state index is 0.0716. The van der Waals surface area contributed by atoms with Crippen molar-refractivity contribution >= 4 is 33.7 Å². The van der Waals surface area contributed by atoms with E-state index in [0.29, 0.717) is 5.71 Å². The highest BCUT2D eigenvalue weighted by Crippen LogP contribution is 2.17. The summed E-state index contributed by atoms with van der Waals surface area (Å²) in [6.07, 6.45) is 3.83. The number of rotatable bonds is 4. The van der Waals surface area contributed by atoms with Crippen LogP contribution in [-0.2, 0) is 0 Å². The third-order valence-electron chi connectivity index (χ3n) is 2.67. The van der Waals surface area contributed by atoms with Gasteiger partial charge in [0.25, 0.3) is 0 Å². The lowest BCUT2D eigenvalue weighted by molar-refractivity contribution is 1.20. The van der Waals surface area contributed by atoms with Crippen molar-refractivity contribution in [2.24, 2.45) is 21.7 Å². The summed E-state index contributed by atoms with van der Waals surface area (Å²) < 4.78 is 1.01. The van der Waals surface area contributed by atoms with Crippen LogP contribution < -0.4 is 11.5 Å². The molecule has 0 aliphatic rings. The third kappa shape index (κ3) is 4.57. The summed E-state index contributed by atoms with van der Waals surface area (Å²) >= 11 is 3.51. The van der Waals surface area contributed by atoms with E-state index in [1.807, 2.05) is 66.7 Å². The maximum Gasteiger partial charge on any atom is 0.211 e. The van der Waals surface area contributed by atoms with E-state index >= 15 is 0 Å². The van der Waals surface area contributed by atoms with E-state index in [2.05, 4.69) is 26.1 Å². The van der Waals surface area contributed by atoms with Crippen LogP contribution in [0.5, 0.6) is 0 Å². The van der Waals surface area contributed by atoms with Gasteiger partial charge in [-0.2, -0.15) is 0 Å². The molecule has 106 valence electrons. The maximum absolute atomic E-state index is 5.34. The summed E-state index contributed by atoms with van der Waals surface area (Å²) in [5.74, 6) is -0.0716. The SMILES string of the molecule is NC(N)=N/N=C(/C=C/c1ccccc1Br)c1ccccc1. The first-order valence-corrected chi connectivity index (χ1v) is 7.11. The van der Waals surface area contributed by atoms with Crippen molar-refractivity contribution in [1.29, 1.82) is 0 Å². The number of guanidine groups is 1. The lowest BCUT2D eigenvalue weighted by Gasteiger charge is -2.01. The molecule has 0 unspecified atom stereocenters. The number of hydrogen-bond acceptors (Lipinski definition) is 2. The minimum atomic E-state index is -0.0716. The van der Waals surface area contributed by atoms with Crippen LogP contribution in [0.3, 0.4) is 0 Å². The van der Waals surface area contributed by atoms with E-state index in [4.69, 9.17) is 11.5 Å². The summed E-state index contributed by atoms with van der Waals surface area (Å²) in [7, 11) is 0. The van der Waals surface area contributed by atoms with Gasteiger partial charge in [0.2, 0.25) is 5.96 Å². The smallest absolute Gasteiger partial charge is 0.211 e. The van der Waals surface area contributed by atoms with E-state index in [9.17, 15) is 0 Å². The summed E-state index contributed by atoms with van der Waals surface area (Å²) in [4.78, 5) is 0. The van der Waals surface area contributed by atoms with Crippen molar-refractivity contribution in [3.63, 3.8) is 0 Å². The van der Waals surface area contributed by atoms with Crippen LogP contribution in [0.2, 0.25) is 0 Å². The zero-order valence-electron chi connectivity index (χ0n) is 11.3. The molecule has 0 bridgehead atoms. The van der Waals surface area contributed by atoms with E-state index in [-0.39, 0.29) is 5.96 Å². The van der Waals surface area contributed by atoms with Gasteiger partial charge in [-0.05, 0) is 17.7 Å². The number of hydrogen-bond donors (Lipinski definition) is 2. The monoisotopic (exact) mass is 342 g/mol. The van der Waals surface area contributed by atoms with Crippen molar-refractivity contribution < 1.29 is 0 Å². The maximum atomic E-state index is 5.34. The molecule has 2 rings (SSSR count). The van der Waals surface area contributed by atoms with Gasteiger partial charge < -0.3 is 11.5 Å². The van der Waals surface area contributed by atoms with E-state index < -0.39 is 0 Å². The van der Waals surface area contributed by atoms with Crippen molar-refractivity contribution in [2.45, 2.75) is 0 Å². The minimum Gasteiger partial charge on any atom is -0.369 e. The molecule has 21 heavy (non-hydrogen) atoms. The Hall–Kier alpha value is -2.40. The normalized spacial score (nSPS) is 11.6. The van der Waals surface area contributed by atoms with Crippen molar-refractivity contribution in [3.05, 3.63) is 76.3 Å². The van der Waals surface area contributed by atoms with Crippen LogP contribution in [-0.4, -0.2) is 11.7 Å². The zero-order chi connectivity index (χ0) is 15.1. The van der Waals surface area contributed by atoms with Gasteiger partial charge in [-0.1, -0.05) is 70.5 Å². The van der Waals surface area contributed by atoms with Gasteiger partial charge in [0, 0.05) is 10.0 Å². The molecule has 0 fully saturated rings. The van der Waals surface area contributed by atoms with Crippen molar-refractivity contribution in [1.82, 2.24) is 0 Å². The topological polar surface area (TPSA) is 76.8 Å². The first-order valence-electron chi connectivity index (χ1n) is 6.31. The Labute approximate surface area is 132 Å². The molecule has 5 heteroatoms. The first kappa shape index (κ1) is 15.0. The quantitative estimate of drug-likeness (QED) is 0.508. The highest BCUT2D eigenvalue weighted by atomic mass is 79.9. The fourth-order valence-corrected chi connectivity index (χ4v) is 2.10. The number of nitrogens with two attached hydrogens (primary N) is 2. The standard InChI is InChI=1S/C16H15BrN4/c17-14-9-5-4-6-12(14)10-11-15(20-21-16(18)19)13-7-2-1-3-8-13/h1-11H,(H4,18,19,21)/b11-10+,20-15-. The lowest BCUT2D eigenvalue weighted by Crippen LogP contribution is -2.22. The molecule has 0 atom stereocenters. The van der Waals surface area contributed by atoms with Gasteiger partial charge in [0.15, 0.2) is 0 Å². The second kappa shape index (κ2) is 7.40. The lowest BCUT2D eigenvalue weighted by atomic mass is 10.1. The Kier molecular flexibility index (Phi) is 5.29. The Morgan fingerprint density at radius 2 is 1.57 bits per heavy atom. The van der Waals surface area contributed by atoms with Gasteiger partial charge in [0.1, 0.15) is 0 Å². The molecular weight excluding hydrogens is 328 g/mol. The molecule has 0 aliphatic heterocycles. The van der Waals surface area contributed by atoms with Crippen LogP contribution in [0.25, 0.3) is 6.08 Å². The molecule has 0 aromatic heterocycles. The molecule has 0 aliphatic carbocycles. The van der Waals surface area contributed by atoms with Gasteiger partial charge in [-0.25, -0.2) is 0 Å². The Balaban J connectivity index is 2.36. The highest BCUT2D eigenvalue weighted by Gasteiger charge is 2.00. The molecule has 0 saturated heterocycles. The molecule has 4 nitrogen and oxygen atoms in total. The molecule has 4 N–H and O–H groups in total. The Morgan fingerprint density at radius 3 is 2.24 bits per heavy atom. The number of allylic oxidation sites excluding steroid dienone is 1. The number of benzene rings is 2. The van der Waals surface area contributed by atoms with Crippen molar-refractivity contribution in [3.8, 4) is 0 Å². The summed E-state index contributed by atoms with van der Waals surface area (Å²) in [6, 6.07) is 17.6. The van der Waals surface area contributed by atoms with E-state index in [0.717, 1.165) is 15.6 Å². The van der Waals surface area contributed by atoms with Crippen molar-refractivity contribution in [2.75, 3.05) is 0 Å². The molecule has 0 spiro atoms. The van der Waals surface area contributed by atoms with E-state index in [1.165, 1.54) is 0 Å². The Morgan fingerprint density at radius 1 is 0.905 bits per heavy atom. The summed E-state index contributed by atoms with van der Waals surface area (Å²) in [6.45, 7) is 0. The van der Waals surface area contributed by atoms with Gasteiger partial charge in [0.05, 0.1) is 5.71 Å². The predicted octanol–water partition coefficient (Wildman–Crippen LogP) is 3.14. The Bertz CT molecular complexity index is 686. The average molecular weight is 343 g/mol.